The Hall–Kier alpha value is -1.35. The third kappa shape index (κ3) is 3.35. The molecule has 19 heavy (non-hydrogen) atoms. The smallest absolute Gasteiger partial charge is 0.165 e. The van der Waals surface area contributed by atoms with E-state index >= 15 is 0 Å². The molecule has 0 atom stereocenters. The van der Waals surface area contributed by atoms with Crippen LogP contribution < -0.4 is 4.90 Å². The highest BCUT2D eigenvalue weighted by atomic mass is 16.1. The molecule has 0 amide bonds. The lowest BCUT2D eigenvalue weighted by Gasteiger charge is -2.35. The van der Waals surface area contributed by atoms with E-state index in [1.165, 1.54) is 5.69 Å². The van der Waals surface area contributed by atoms with Crippen LogP contribution in [0.5, 0.6) is 0 Å². The number of piperazine rings is 1. The van der Waals surface area contributed by atoms with Crippen LogP contribution in [0.1, 0.15) is 31.1 Å². The van der Waals surface area contributed by atoms with Crippen LogP contribution in [0.15, 0.2) is 24.3 Å². The Morgan fingerprint density at radius 3 is 2.16 bits per heavy atom. The van der Waals surface area contributed by atoms with E-state index in [2.05, 4.69) is 28.9 Å². The van der Waals surface area contributed by atoms with E-state index in [0.29, 0.717) is 0 Å². The summed E-state index contributed by atoms with van der Waals surface area (Å²) in [6, 6.07) is 8.09. The zero-order chi connectivity index (χ0) is 13.8. The maximum absolute atomic E-state index is 11.9. The minimum Gasteiger partial charge on any atom is -0.369 e. The van der Waals surface area contributed by atoms with Gasteiger partial charge in [-0.1, -0.05) is 20.8 Å². The minimum absolute atomic E-state index is 0.0685. The lowest BCUT2D eigenvalue weighted by molar-refractivity contribution is 0.0939. The Bertz CT molecular complexity index is 417. The van der Waals surface area contributed by atoms with Crippen LogP contribution in [0.4, 0.5) is 5.69 Å². The van der Waals surface area contributed by atoms with Crippen LogP contribution in [0.25, 0.3) is 0 Å². The van der Waals surface area contributed by atoms with E-state index in [1.54, 1.807) is 0 Å². The van der Waals surface area contributed by atoms with Crippen molar-refractivity contribution < 1.29 is 4.79 Å². The zero-order valence-electron chi connectivity index (χ0n) is 12.2. The van der Waals surface area contributed by atoms with Gasteiger partial charge in [0.25, 0.3) is 0 Å². The molecule has 1 aliphatic rings. The molecule has 0 aromatic heterocycles. The number of likely N-dealkylation sites (N-methyl/N-ethyl adjacent to an activating group) is 1. The van der Waals surface area contributed by atoms with Crippen molar-refractivity contribution in [3.05, 3.63) is 29.8 Å². The fraction of sp³-hybridized carbons (Fsp3) is 0.562. The van der Waals surface area contributed by atoms with Crippen molar-refractivity contribution in [1.82, 2.24) is 4.90 Å². The second-order valence-corrected chi connectivity index (χ2v) is 5.49. The van der Waals surface area contributed by atoms with Gasteiger partial charge >= 0.3 is 0 Å². The molecule has 1 aliphatic heterocycles. The molecule has 1 saturated heterocycles. The van der Waals surface area contributed by atoms with E-state index in [1.807, 2.05) is 26.0 Å². The van der Waals surface area contributed by atoms with E-state index in [0.717, 1.165) is 38.3 Å². The molecule has 0 unspecified atom stereocenters. The van der Waals surface area contributed by atoms with Gasteiger partial charge in [0.05, 0.1) is 0 Å². The summed E-state index contributed by atoms with van der Waals surface area (Å²) in [6.07, 6.45) is 0. The van der Waals surface area contributed by atoms with Crippen LogP contribution in [0.3, 0.4) is 0 Å². The molecule has 104 valence electrons. The summed E-state index contributed by atoms with van der Waals surface area (Å²) in [5.74, 6) is 0.293. The molecular formula is C16H24N2O. The normalized spacial score (nSPS) is 16.9. The van der Waals surface area contributed by atoms with Crippen molar-refractivity contribution in [2.75, 3.05) is 37.6 Å². The first-order chi connectivity index (χ1) is 9.11. The number of anilines is 1. The van der Waals surface area contributed by atoms with Gasteiger partial charge in [-0.3, -0.25) is 4.79 Å². The molecule has 1 fully saturated rings. The average molecular weight is 260 g/mol. The predicted octanol–water partition coefficient (Wildman–Crippen LogP) is 2.67. The van der Waals surface area contributed by atoms with Crippen molar-refractivity contribution in [3.63, 3.8) is 0 Å². The second kappa shape index (κ2) is 6.20. The number of ketones is 1. The monoisotopic (exact) mass is 260 g/mol. The first-order valence-corrected chi connectivity index (χ1v) is 7.23. The summed E-state index contributed by atoms with van der Waals surface area (Å²) in [6.45, 7) is 11.6. The van der Waals surface area contributed by atoms with Crippen LogP contribution >= 0.6 is 0 Å². The number of hydrogen-bond donors (Lipinski definition) is 0. The Morgan fingerprint density at radius 1 is 1.11 bits per heavy atom. The molecule has 0 aliphatic carbocycles. The van der Waals surface area contributed by atoms with Crippen molar-refractivity contribution in [1.29, 1.82) is 0 Å². The molecule has 0 saturated carbocycles. The summed E-state index contributed by atoms with van der Waals surface area (Å²) in [5.41, 5.74) is 2.06. The lowest BCUT2D eigenvalue weighted by atomic mass is 10.0. The third-order valence-corrected chi connectivity index (χ3v) is 3.86. The second-order valence-electron chi connectivity index (χ2n) is 5.49. The van der Waals surface area contributed by atoms with Crippen molar-refractivity contribution in [3.8, 4) is 0 Å². The van der Waals surface area contributed by atoms with E-state index in [9.17, 15) is 4.79 Å². The molecule has 0 radical (unpaired) electrons. The zero-order valence-corrected chi connectivity index (χ0v) is 12.2. The number of carbonyl (C=O) groups is 1. The minimum atomic E-state index is 0.0685. The first-order valence-electron chi connectivity index (χ1n) is 7.23. The average Bonchev–Trinajstić information content (AvgIpc) is 2.46. The number of rotatable bonds is 4. The summed E-state index contributed by atoms with van der Waals surface area (Å²) in [4.78, 5) is 16.8. The Balaban J connectivity index is 2.01. The van der Waals surface area contributed by atoms with Gasteiger partial charge in [0.1, 0.15) is 0 Å². The molecule has 0 N–H and O–H groups in total. The van der Waals surface area contributed by atoms with Crippen LogP contribution in [-0.2, 0) is 0 Å². The molecule has 1 aromatic carbocycles. The molecule has 3 heteroatoms. The van der Waals surface area contributed by atoms with Gasteiger partial charge in [-0.05, 0) is 30.8 Å². The van der Waals surface area contributed by atoms with Crippen molar-refractivity contribution in [2.45, 2.75) is 20.8 Å². The topological polar surface area (TPSA) is 23.6 Å². The Kier molecular flexibility index (Phi) is 4.59. The summed E-state index contributed by atoms with van der Waals surface area (Å²) >= 11 is 0. The Morgan fingerprint density at radius 2 is 1.68 bits per heavy atom. The lowest BCUT2D eigenvalue weighted by Crippen LogP contribution is -2.46. The van der Waals surface area contributed by atoms with Gasteiger partial charge in [-0.2, -0.15) is 0 Å². The van der Waals surface area contributed by atoms with E-state index in [-0.39, 0.29) is 11.7 Å². The first kappa shape index (κ1) is 14.1. The number of nitrogens with zero attached hydrogens (tertiary/aromatic N) is 2. The molecule has 0 spiro atoms. The van der Waals surface area contributed by atoms with Gasteiger partial charge in [-0.25, -0.2) is 0 Å². The number of hydrogen-bond acceptors (Lipinski definition) is 3. The molecule has 1 heterocycles. The SMILES string of the molecule is CCN1CCN(c2ccc(C(=O)C(C)C)cc2)CC1. The molecule has 2 rings (SSSR count). The maximum Gasteiger partial charge on any atom is 0.165 e. The van der Waals surface area contributed by atoms with Gasteiger partial charge in [0.15, 0.2) is 5.78 Å². The van der Waals surface area contributed by atoms with E-state index < -0.39 is 0 Å². The van der Waals surface area contributed by atoms with Crippen LogP contribution in [-0.4, -0.2) is 43.4 Å². The number of benzene rings is 1. The van der Waals surface area contributed by atoms with Crippen molar-refractivity contribution in [2.24, 2.45) is 5.92 Å². The Labute approximate surface area is 116 Å². The third-order valence-electron chi connectivity index (χ3n) is 3.86. The fourth-order valence-electron chi connectivity index (χ4n) is 2.49. The van der Waals surface area contributed by atoms with Gasteiger partial charge in [0, 0.05) is 43.3 Å². The highest BCUT2D eigenvalue weighted by Gasteiger charge is 2.16. The standard InChI is InChI=1S/C16H24N2O/c1-4-17-9-11-18(12-10-17)15-7-5-14(6-8-15)16(19)13(2)3/h5-8,13H,4,9-12H2,1-3H3. The van der Waals surface area contributed by atoms with Crippen molar-refractivity contribution >= 4 is 11.5 Å². The quantitative estimate of drug-likeness (QED) is 0.778. The number of carbonyl (C=O) groups excluding carboxylic acids is 1. The molecular weight excluding hydrogens is 236 g/mol. The van der Waals surface area contributed by atoms with Gasteiger partial charge in [0.2, 0.25) is 0 Å². The molecule has 1 aromatic rings. The summed E-state index contributed by atoms with van der Waals surface area (Å²) in [7, 11) is 0. The predicted molar refractivity (Wildman–Crippen MR) is 79.9 cm³/mol. The highest BCUT2D eigenvalue weighted by molar-refractivity contribution is 5.97. The largest absolute Gasteiger partial charge is 0.369 e. The summed E-state index contributed by atoms with van der Waals surface area (Å²) < 4.78 is 0. The van der Waals surface area contributed by atoms with E-state index in [4.69, 9.17) is 0 Å². The fourth-order valence-corrected chi connectivity index (χ4v) is 2.49. The summed E-state index contributed by atoms with van der Waals surface area (Å²) in [5, 5.41) is 0. The molecule has 3 nitrogen and oxygen atoms in total. The van der Waals surface area contributed by atoms with Crippen LogP contribution in [0.2, 0.25) is 0 Å². The van der Waals surface area contributed by atoms with Crippen LogP contribution in [0, 0.1) is 5.92 Å². The highest BCUT2D eigenvalue weighted by Crippen LogP contribution is 2.18. The van der Waals surface area contributed by atoms with Gasteiger partial charge in [-0.15, -0.1) is 0 Å². The molecule has 0 bridgehead atoms. The van der Waals surface area contributed by atoms with Gasteiger partial charge < -0.3 is 9.80 Å². The maximum atomic E-state index is 11.9. The number of Topliss-reactive ketones (excluding diaryl/α,β-unsaturated/α-hetero) is 1.